The number of benzene rings is 1. The van der Waals surface area contributed by atoms with Crippen LogP contribution in [0.2, 0.25) is 0 Å². The Morgan fingerprint density at radius 1 is 1.06 bits per heavy atom. The first kappa shape index (κ1) is 13.5. The van der Waals surface area contributed by atoms with Crippen molar-refractivity contribution in [1.82, 2.24) is 0 Å². The lowest BCUT2D eigenvalue weighted by atomic mass is 9.79. The first-order valence-electron chi connectivity index (χ1n) is 6.56. The average molecular weight is 254 g/mol. The second kappa shape index (κ2) is 5.35. The van der Waals surface area contributed by atoms with Crippen LogP contribution in [0, 0.1) is 5.92 Å². The van der Waals surface area contributed by atoms with Gasteiger partial charge in [0, 0.05) is 7.11 Å². The number of alkyl halides is 2. The molecule has 2 rings (SSSR count). The summed E-state index contributed by atoms with van der Waals surface area (Å²) in [5.41, 5.74) is 1.11. The van der Waals surface area contributed by atoms with Gasteiger partial charge in [-0.2, -0.15) is 8.78 Å². The molecule has 0 amide bonds. The van der Waals surface area contributed by atoms with Crippen LogP contribution >= 0.6 is 0 Å². The van der Waals surface area contributed by atoms with E-state index in [2.05, 4.69) is 11.7 Å². The van der Waals surface area contributed by atoms with Gasteiger partial charge in [-0.3, -0.25) is 0 Å². The number of ether oxygens (including phenoxy) is 1. The maximum atomic E-state index is 13.3. The van der Waals surface area contributed by atoms with Crippen molar-refractivity contribution in [2.75, 3.05) is 7.11 Å². The Morgan fingerprint density at radius 2 is 1.61 bits per heavy atom. The second-order valence-corrected chi connectivity index (χ2v) is 5.30. The zero-order valence-corrected chi connectivity index (χ0v) is 11.0. The molecular weight excluding hydrogens is 234 g/mol. The van der Waals surface area contributed by atoms with Gasteiger partial charge in [-0.15, -0.1) is 0 Å². The average Bonchev–Trinajstić information content (AvgIpc) is 2.40. The molecule has 0 aromatic heterocycles. The molecule has 1 aromatic rings. The van der Waals surface area contributed by atoms with Crippen LogP contribution in [-0.4, -0.2) is 7.11 Å². The Kier molecular flexibility index (Phi) is 4.00. The fraction of sp³-hybridized carbons (Fsp3) is 0.600. The van der Waals surface area contributed by atoms with Gasteiger partial charge < -0.3 is 4.74 Å². The van der Waals surface area contributed by atoms with E-state index in [1.807, 2.05) is 12.1 Å². The molecule has 1 fully saturated rings. The van der Waals surface area contributed by atoms with Crippen molar-refractivity contribution in [2.24, 2.45) is 5.92 Å². The number of methoxy groups -OCH3 is 1. The maximum Gasteiger partial charge on any atom is 0.383 e. The number of rotatable bonds is 3. The molecule has 0 aliphatic heterocycles. The van der Waals surface area contributed by atoms with Gasteiger partial charge in [0.2, 0.25) is 0 Å². The van der Waals surface area contributed by atoms with E-state index in [9.17, 15) is 8.78 Å². The number of halogens is 2. The standard InChI is InChI=1S/C15H20F2O/c1-11-3-5-12(6-4-11)13-7-9-14(10-8-13)15(16,17)18-2/h7-12H,3-6H2,1-2H3. The highest BCUT2D eigenvalue weighted by atomic mass is 19.3. The van der Waals surface area contributed by atoms with Crippen molar-refractivity contribution in [3.05, 3.63) is 35.4 Å². The van der Waals surface area contributed by atoms with Crippen LogP contribution in [0.3, 0.4) is 0 Å². The summed E-state index contributed by atoms with van der Waals surface area (Å²) in [6.07, 6.45) is 1.63. The van der Waals surface area contributed by atoms with Crippen molar-refractivity contribution in [1.29, 1.82) is 0 Å². The van der Waals surface area contributed by atoms with E-state index in [4.69, 9.17) is 0 Å². The summed E-state index contributed by atoms with van der Waals surface area (Å²) in [5.74, 6) is 1.34. The Labute approximate surface area is 107 Å². The highest BCUT2D eigenvalue weighted by Gasteiger charge is 2.31. The van der Waals surface area contributed by atoms with Gasteiger partial charge in [-0.1, -0.05) is 44.0 Å². The van der Waals surface area contributed by atoms with Gasteiger partial charge in [-0.25, -0.2) is 0 Å². The second-order valence-electron chi connectivity index (χ2n) is 5.30. The highest BCUT2D eigenvalue weighted by Crippen LogP contribution is 2.36. The van der Waals surface area contributed by atoms with Crippen molar-refractivity contribution in [3.63, 3.8) is 0 Å². The molecular formula is C15H20F2O. The molecule has 0 unspecified atom stereocenters. The van der Waals surface area contributed by atoms with Crippen LogP contribution < -0.4 is 0 Å². The largest absolute Gasteiger partial charge is 0.383 e. The van der Waals surface area contributed by atoms with Gasteiger partial charge >= 0.3 is 6.11 Å². The lowest BCUT2D eigenvalue weighted by molar-refractivity contribution is -0.231. The minimum absolute atomic E-state index is 0.0714. The molecule has 1 nitrogen and oxygen atoms in total. The summed E-state index contributed by atoms with van der Waals surface area (Å²) < 4.78 is 30.8. The first-order valence-corrected chi connectivity index (χ1v) is 6.56. The summed E-state index contributed by atoms with van der Waals surface area (Å²) in [5, 5.41) is 0. The summed E-state index contributed by atoms with van der Waals surface area (Å²) >= 11 is 0. The molecule has 0 atom stereocenters. The minimum atomic E-state index is -3.18. The van der Waals surface area contributed by atoms with Gasteiger partial charge in [0.1, 0.15) is 0 Å². The summed E-state index contributed by atoms with van der Waals surface area (Å²) in [6.45, 7) is 2.28. The Balaban J connectivity index is 2.08. The van der Waals surface area contributed by atoms with E-state index in [1.165, 1.54) is 43.4 Å². The normalized spacial score (nSPS) is 25.1. The molecule has 0 saturated heterocycles. The lowest BCUT2D eigenvalue weighted by Gasteiger charge is -2.26. The Morgan fingerprint density at radius 3 is 2.11 bits per heavy atom. The zero-order chi connectivity index (χ0) is 13.2. The van der Waals surface area contributed by atoms with Crippen LogP contribution in [0.15, 0.2) is 24.3 Å². The van der Waals surface area contributed by atoms with Gasteiger partial charge in [-0.05, 0) is 30.2 Å². The van der Waals surface area contributed by atoms with Crippen molar-refractivity contribution >= 4 is 0 Å². The Bertz CT molecular complexity index is 378. The van der Waals surface area contributed by atoms with Crippen molar-refractivity contribution in [3.8, 4) is 0 Å². The van der Waals surface area contributed by atoms with Crippen LogP contribution in [0.1, 0.15) is 49.7 Å². The SMILES string of the molecule is COC(F)(F)c1ccc(C2CCC(C)CC2)cc1. The van der Waals surface area contributed by atoms with Gasteiger partial charge in [0.05, 0.1) is 5.56 Å². The summed E-state index contributed by atoms with van der Waals surface area (Å²) in [6, 6.07) is 6.61. The predicted octanol–water partition coefficient (Wildman–Crippen LogP) is 4.68. The van der Waals surface area contributed by atoms with Crippen LogP contribution in [0.5, 0.6) is 0 Å². The molecule has 3 heteroatoms. The van der Waals surface area contributed by atoms with Crippen LogP contribution in [0.4, 0.5) is 8.78 Å². The zero-order valence-electron chi connectivity index (χ0n) is 11.0. The van der Waals surface area contributed by atoms with Crippen LogP contribution in [-0.2, 0) is 10.8 Å². The molecule has 0 heterocycles. The summed E-state index contributed by atoms with van der Waals surface area (Å²) in [4.78, 5) is 0. The van der Waals surface area contributed by atoms with Gasteiger partial charge in [0.15, 0.2) is 0 Å². The third-order valence-electron chi connectivity index (χ3n) is 3.99. The lowest BCUT2D eigenvalue weighted by Crippen LogP contribution is -2.16. The van der Waals surface area contributed by atoms with Crippen LogP contribution in [0.25, 0.3) is 0 Å². The molecule has 100 valence electrons. The predicted molar refractivity (Wildman–Crippen MR) is 67.7 cm³/mol. The number of hydrogen-bond donors (Lipinski definition) is 0. The van der Waals surface area contributed by atoms with E-state index in [1.54, 1.807) is 0 Å². The number of hydrogen-bond acceptors (Lipinski definition) is 1. The Hall–Kier alpha value is -0.960. The van der Waals surface area contributed by atoms with E-state index in [0.717, 1.165) is 13.0 Å². The fourth-order valence-corrected chi connectivity index (χ4v) is 2.66. The molecule has 18 heavy (non-hydrogen) atoms. The molecule has 0 N–H and O–H groups in total. The summed E-state index contributed by atoms with van der Waals surface area (Å²) in [7, 11) is 1.02. The third kappa shape index (κ3) is 2.89. The van der Waals surface area contributed by atoms with E-state index >= 15 is 0 Å². The maximum absolute atomic E-state index is 13.3. The van der Waals surface area contributed by atoms with Crippen molar-refractivity contribution < 1.29 is 13.5 Å². The van der Waals surface area contributed by atoms with E-state index in [-0.39, 0.29) is 5.56 Å². The highest BCUT2D eigenvalue weighted by molar-refractivity contribution is 5.27. The fourth-order valence-electron chi connectivity index (χ4n) is 2.66. The van der Waals surface area contributed by atoms with Gasteiger partial charge in [0.25, 0.3) is 0 Å². The van der Waals surface area contributed by atoms with E-state index < -0.39 is 6.11 Å². The third-order valence-corrected chi connectivity index (χ3v) is 3.99. The first-order chi connectivity index (χ1) is 8.53. The molecule has 1 aliphatic carbocycles. The smallest absolute Gasteiger partial charge is 0.320 e. The quantitative estimate of drug-likeness (QED) is 0.761. The molecule has 0 bridgehead atoms. The molecule has 1 aromatic carbocycles. The molecule has 0 radical (unpaired) electrons. The van der Waals surface area contributed by atoms with Crippen molar-refractivity contribution in [2.45, 2.75) is 44.6 Å². The molecule has 1 aliphatic rings. The van der Waals surface area contributed by atoms with E-state index in [0.29, 0.717) is 5.92 Å². The molecule has 1 saturated carbocycles. The minimum Gasteiger partial charge on any atom is -0.320 e. The monoisotopic (exact) mass is 254 g/mol. The molecule has 0 spiro atoms. The topological polar surface area (TPSA) is 9.23 Å².